The van der Waals surface area contributed by atoms with Crippen molar-refractivity contribution < 1.29 is 4.79 Å². The highest BCUT2D eigenvalue weighted by Gasteiger charge is 2.14. The van der Waals surface area contributed by atoms with Crippen LogP contribution in [0.15, 0.2) is 72.8 Å². The minimum absolute atomic E-state index is 0.107. The van der Waals surface area contributed by atoms with E-state index in [-0.39, 0.29) is 5.91 Å². The van der Waals surface area contributed by atoms with Crippen molar-refractivity contribution in [2.24, 2.45) is 0 Å². The van der Waals surface area contributed by atoms with Gasteiger partial charge in [-0.1, -0.05) is 36.4 Å². The number of aromatic nitrogens is 2. The van der Waals surface area contributed by atoms with Crippen LogP contribution in [0.4, 0.5) is 17.5 Å². The Labute approximate surface area is 217 Å². The molecule has 3 N–H and O–H groups in total. The number of rotatable bonds is 8. The molecule has 1 aromatic heterocycles. The predicted octanol–water partition coefficient (Wildman–Crippen LogP) is 4.28. The average Bonchev–Trinajstić information content (AvgIpc) is 2.94. The molecule has 8 heteroatoms. The van der Waals surface area contributed by atoms with Crippen molar-refractivity contribution in [3.8, 4) is 0 Å². The summed E-state index contributed by atoms with van der Waals surface area (Å²) in [5, 5.41) is 10.4. The molecule has 5 rings (SSSR count). The van der Waals surface area contributed by atoms with Gasteiger partial charge in [-0.15, -0.1) is 0 Å². The van der Waals surface area contributed by atoms with Crippen LogP contribution in [0.2, 0.25) is 0 Å². The van der Waals surface area contributed by atoms with E-state index in [0.29, 0.717) is 18.1 Å². The normalized spacial score (nSPS) is 14.4. The van der Waals surface area contributed by atoms with E-state index in [4.69, 9.17) is 0 Å². The number of piperazine rings is 1. The van der Waals surface area contributed by atoms with Crippen LogP contribution >= 0.6 is 0 Å². The fraction of sp³-hybridized carbons (Fsp3) is 0.276. The first kappa shape index (κ1) is 24.7. The van der Waals surface area contributed by atoms with Crippen LogP contribution in [-0.4, -0.2) is 65.9 Å². The number of amides is 1. The third-order valence-corrected chi connectivity index (χ3v) is 6.72. The van der Waals surface area contributed by atoms with Gasteiger partial charge in [0, 0.05) is 63.0 Å². The van der Waals surface area contributed by atoms with Gasteiger partial charge in [-0.3, -0.25) is 9.69 Å². The quantitative estimate of drug-likeness (QED) is 0.336. The predicted molar refractivity (Wildman–Crippen MR) is 150 cm³/mol. The van der Waals surface area contributed by atoms with E-state index in [1.807, 2.05) is 67.7 Å². The van der Waals surface area contributed by atoms with E-state index < -0.39 is 0 Å². The first-order valence-electron chi connectivity index (χ1n) is 12.7. The number of anilines is 3. The van der Waals surface area contributed by atoms with Crippen LogP contribution in [0.3, 0.4) is 0 Å². The van der Waals surface area contributed by atoms with Crippen molar-refractivity contribution in [1.29, 1.82) is 0 Å². The van der Waals surface area contributed by atoms with E-state index in [1.165, 1.54) is 5.56 Å². The SMILES string of the molecule is CNc1nc(NCc2ccc(NC(=O)c3ccc(CN4CCN(C)CC4)cc3)cc2)c2ccccc2n1. The first-order chi connectivity index (χ1) is 18.1. The van der Waals surface area contributed by atoms with Crippen LogP contribution in [0, 0.1) is 0 Å². The molecule has 8 nitrogen and oxygen atoms in total. The maximum Gasteiger partial charge on any atom is 0.255 e. The molecular weight excluding hydrogens is 462 g/mol. The molecule has 0 saturated carbocycles. The zero-order valence-electron chi connectivity index (χ0n) is 21.4. The molecular formula is C29H33N7O. The molecule has 1 aliphatic heterocycles. The van der Waals surface area contributed by atoms with Crippen LogP contribution in [0.1, 0.15) is 21.5 Å². The molecule has 190 valence electrons. The smallest absolute Gasteiger partial charge is 0.255 e. The van der Waals surface area contributed by atoms with Crippen LogP contribution in [0.25, 0.3) is 10.9 Å². The van der Waals surface area contributed by atoms with Crippen molar-refractivity contribution in [3.05, 3.63) is 89.5 Å². The third-order valence-electron chi connectivity index (χ3n) is 6.72. The number of nitrogens with one attached hydrogen (secondary N) is 3. The second-order valence-corrected chi connectivity index (χ2v) is 9.44. The lowest BCUT2D eigenvalue weighted by Gasteiger charge is -2.32. The van der Waals surface area contributed by atoms with Crippen LogP contribution in [0.5, 0.6) is 0 Å². The van der Waals surface area contributed by atoms with Crippen molar-refractivity contribution in [1.82, 2.24) is 19.8 Å². The number of likely N-dealkylation sites (N-methyl/N-ethyl adjacent to an activating group) is 1. The van der Waals surface area contributed by atoms with Gasteiger partial charge in [-0.2, -0.15) is 4.98 Å². The molecule has 0 atom stereocenters. The van der Waals surface area contributed by atoms with E-state index in [0.717, 1.165) is 60.7 Å². The molecule has 1 aliphatic rings. The highest BCUT2D eigenvalue weighted by molar-refractivity contribution is 6.04. The molecule has 3 aromatic carbocycles. The van der Waals surface area contributed by atoms with E-state index in [1.54, 1.807) is 0 Å². The highest BCUT2D eigenvalue weighted by Crippen LogP contribution is 2.22. The molecule has 0 bridgehead atoms. The zero-order valence-corrected chi connectivity index (χ0v) is 21.4. The molecule has 1 amide bonds. The first-order valence-corrected chi connectivity index (χ1v) is 12.7. The van der Waals surface area contributed by atoms with Gasteiger partial charge in [0.2, 0.25) is 5.95 Å². The molecule has 1 fully saturated rings. The summed E-state index contributed by atoms with van der Waals surface area (Å²) in [4.78, 5) is 26.7. The fourth-order valence-corrected chi connectivity index (χ4v) is 4.44. The number of hydrogen-bond donors (Lipinski definition) is 3. The maximum absolute atomic E-state index is 12.8. The van der Waals surface area contributed by atoms with Gasteiger partial charge in [0.15, 0.2) is 0 Å². The van der Waals surface area contributed by atoms with Crippen molar-refractivity contribution in [2.45, 2.75) is 13.1 Å². The Bertz CT molecular complexity index is 1350. The number of nitrogens with zero attached hydrogens (tertiary/aromatic N) is 4. The lowest BCUT2D eigenvalue weighted by atomic mass is 10.1. The van der Waals surface area contributed by atoms with Gasteiger partial charge >= 0.3 is 0 Å². The maximum atomic E-state index is 12.8. The number of carbonyl (C=O) groups excluding carboxylic acids is 1. The summed E-state index contributed by atoms with van der Waals surface area (Å²) in [5.41, 5.74) is 4.62. The summed E-state index contributed by atoms with van der Waals surface area (Å²) < 4.78 is 0. The molecule has 0 spiro atoms. The Morgan fingerprint density at radius 3 is 2.30 bits per heavy atom. The summed E-state index contributed by atoms with van der Waals surface area (Å²) in [6, 6.07) is 23.7. The lowest BCUT2D eigenvalue weighted by Crippen LogP contribution is -2.43. The minimum atomic E-state index is -0.107. The fourth-order valence-electron chi connectivity index (χ4n) is 4.44. The van der Waals surface area contributed by atoms with Gasteiger partial charge in [0.1, 0.15) is 5.82 Å². The van der Waals surface area contributed by atoms with E-state index in [9.17, 15) is 4.79 Å². The summed E-state index contributed by atoms with van der Waals surface area (Å²) in [6.07, 6.45) is 0. The Hall–Kier alpha value is -4.01. The Morgan fingerprint density at radius 2 is 1.57 bits per heavy atom. The lowest BCUT2D eigenvalue weighted by molar-refractivity contribution is 0.102. The number of para-hydroxylation sites is 1. The largest absolute Gasteiger partial charge is 0.365 e. The number of benzene rings is 3. The van der Waals surface area contributed by atoms with Crippen molar-refractivity contribution in [3.63, 3.8) is 0 Å². The summed E-state index contributed by atoms with van der Waals surface area (Å²) in [6.45, 7) is 5.89. The van der Waals surface area contributed by atoms with Crippen molar-refractivity contribution >= 4 is 34.3 Å². The topological polar surface area (TPSA) is 85.4 Å². The van der Waals surface area contributed by atoms with Crippen LogP contribution in [-0.2, 0) is 13.1 Å². The van der Waals surface area contributed by atoms with Gasteiger partial charge in [0.25, 0.3) is 5.91 Å². The number of fused-ring (bicyclic) bond motifs is 1. The monoisotopic (exact) mass is 495 g/mol. The van der Waals surface area contributed by atoms with Gasteiger partial charge < -0.3 is 20.9 Å². The summed E-state index contributed by atoms with van der Waals surface area (Å²) in [7, 11) is 3.97. The second kappa shape index (κ2) is 11.4. The Morgan fingerprint density at radius 1 is 0.865 bits per heavy atom. The Balaban J connectivity index is 1.16. The second-order valence-electron chi connectivity index (χ2n) is 9.44. The number of carbonyl (C=O) groups is 1. The van der Waals surface area contributed by atoms with Crippen LogP contribution < -0.4 is 16.0 Å². The zero-order chi connectivity index (χ0) is 25.6. The average molecular weight is 496 g/mol. The molecule has 0 radical (unpaired) electrons. The summed E-state index contributed by atoms with van der Waals surface area (Å²) in [5.74, 6) is 1.25. The standard InChI is InChI=1S/C29H33N7O/c1-30-29-33-26-6-4-3-5-25(26)27(34-29)31-19-21-9-13-24(14-10-21)32-28(37)23-11-7-22(8-12-23)20-36-17-15-35(2)16-18-36/h3-14H,15-20H2,1-2H3,(H,32,37)(H2,30,31,33,34). The molecule has 4 aromatic rings. The highest BCUT2D eigenvalue weighted by atomic mass is 16.1. The minimum Gasteiger partial charge on any atom is -0.365 e. The molecule has 1 saturated heterocycles. The summed E-state index contributed by atoms with van der Waals surface area (Å²) >= 11 is 0. The molecule has 0 unspecified atom stereocenters. The van der Waals surface area contributed by atoms with Gasteiger partial charge in [-0.05, 0) is 54.6 Å². The molecule has 0 aliphatic carbocycles. The van der Waals surface area contributed by atoms with Gasteiger partial charge in [-0.25, -0.2) is 4.98 Å². The van der Waals surface area contributed by atoms with E-state index in [2.05, 4.69) is 54.9 Å². The Kier molecular flexibility index (Phi) is 7.58. The van der Waals surface area contributed by atoms with Crippen molar-refractivity contribution in [2.75, 3.05) is 56.2 Å². The molecule has 2 heterocycles. The number of hydrogen-bond acceptors (Lipinski definition) is 7. The third kappa shape index (κ3) is 6.22. The van der Waals surface area contributed by atoms with E-state index >= 15 is 0 Å². The van der Waals surface area contributed by atoms with Gasteiger partial charge in [0.05, 0.1) is 5.52 Å². The molecule has 37 heavy (non-hydrogen) atoms.